The van der Waals surface area contributed by atoms with Crippen LogP contribution >= 0.6 is 0 Å². The van der Waals surface area contributed by atoms with Crippen LogP contribution in [-0.2, 0) is 12.0 Å². The highest BCUT2D eigenvalue weighted by Crippen LogP contribution is 2.49. The van der Waals surface area contributed by atoms with Crippen molar-refractivity contribution in [3.05, 3.63) is 52.6 Å². The summed E-state index contributed by atoms with van der Waals surface area (Å²) in [5.41, 5.74) is 6.40. The van der Waals surface area contributed by atoms with E-state index in [4.69, 9.17) is 4.98 Å². The maximum absolute atomic E-state index is 13.6. The molecule has 0 atom stereocenters. The van der Waals surface area contributed by atoms with E-state index in [0.717, 1.165) is 40.9 Å². The second-order valence-corrected chi connectivity index (χ2v) is 8.85. The number of hydrogen-bond acceptors (Lipinski definition) is 2. The van der Waals surface area contributed by atoms with Gasteiger partial charge in [0.25, 0.3) is 0 Å². The third kappa shape index (κ3) is 3.67. The van der Waals surface area contributed by atoms with Crippen LogP contribution in [0.4, 0.5) is 4.39 Å². The van der Waals surface area contributed by atoms with E-state index in [1.54, 1.807) is 0 Å². The fourth-order valence-electron chi connectivity index (χ4n) is 4.67. The number of rotatable bonds is 5. The van der Waals surface area contributed by atoms with Gasteiger partial charge in [-0.05, 0) is 58.9 Å². The Morgan fingerprint density at radius 1 is 1.00 bits per heavy atom. The van der Waals surface area contributed by atoms with Gasteiger partial charge in [-0.2, -0.15) is 0 Å². The minimum absolute atomic E-state index is 0.0469. The van der Waals surface area contributed by atoms with Gasteiger partial charge in [-0.1, -0.05) is 59.6 Å². The topological polar surface area (TPSA) is 33.1 Å². The lowest BCUT2D eigenvalue weighted by Crippen LogP contribution is -2.24. The van der Waals surface area contributed by atoms with Gasteiger partial charge in [0, 0.05) is 17.0 Å². The van der Waals surface area contributed by atoms with Crippen molar-refractivity contribution in [1.29, 1.82) is 0 Å². The molecule has 0 bridgehead atoms. The molecule has 0 saturated heterocycles. The first kappa shape index (κ1) is 20.0. The molecule has 1 aromatic carbocycles. The minimum Gasteiger partial charge on any atom is -0.392 e. The van der Waals surface area contributed by atoms with Crippen LogP contribution in [-0.4, -0.2) is 10.1 Å². The fourth-order valence-corrected chi connectivity index (χ4v) is 4.67. The van der Waals surface area contributed by atoms with Crippen molar-refractivity contribution in [3.63, 3.8) is 0 Å². The predicted molar refractivity (Wildman–Crippen MR) is 110 cm³/mol. The fraction of sp³-hybridized carbons (Fsp3) is 0.542. The van der Waals surface area contributed by atoms with Crippen LogP contribution < -0.4 is 0 Å². The number of hydrogen-bond donors (Lipinski definition) is 1. The highest BCUT2D eigenvalue weighted by atomic mass is 19.1. The minimum atomic E-state index is -0.236. The molecule has 1 fully saturated rings. The zero-order valence-electron chi connectivity index (χ0n) is 17.3. The molecule has 146 valence electrons. The van der Waals surface area contributed by atoms with E-state index in [0.29, 0.717) is 5.92 Å². The Kier molecular flexibility index (Phi) is 5.71. The average Bonchev–Trinajstić information content (AvgIpc) is 3.07. The van der Waals surface area contributed by atoms with Crippen LogP contribution in [0.3, 0.4) is 0 Å². The van der Waals surface area contributed by atoms with Crippen LogP contribution in [0.15, 0.2) is 24.3 Å². The van der Waals surface area contributed by atoms with Gasteiger partial charge >= 0.3 is 0 Å². The van der Waals surface area contributed by atoms with Crippen molar-refractivity contribution in [2.45, 2.75) is 84.2 Å². The molecule has 0 spiro atoms. The molecule has 1 saturated carbocycles. The van der Waals surface area contributed by atoms with E-state index in [1.165, 1.54) is 30.5 Å². The van der Waals surface area contributed by atoms with E-state index in [9.17, 15) is 9.50 Å². The second kappa shape index (κ2) is 7.71. The van der Waals surface area contributed by atoms with Gasteiger partial charge < -0.3 is 5.11 Å². The normalized spacial score (nSPS) is 16.5. The molecule has 2 aromatic rings. The highest BCUT2D eigenvalue weighted by molar-refractivity contribution is 5.74. The van der Waals surface area contributed by atoms with E-state index in [2.05, 4.69) is 34.6 Å². The molecule has 27 heavy (non-hydrogen) atoms. The Morgan fingerprint density at radius 2 is 1.56 bits per heavy atom. The molecule has 1 heterocycles. The van der Waals surface area contributed by atoms with Gasteiger partial charge in [-0.15, -0.1) is 0 Å². The number of aliphatic hydroxyl groups excluding tert-OH is 1. The maximum atomic E-state index is 13.6. The Bertz CT molecular complexity index is 802. The third-order valence-electron chi connectivity index (χ3n) is 6.05. The van der Waals surface area contributed by atoms with Crippen molar-refractivity contribution in [2.75, 3.05) is 0 Å². The summed E-state index contributed by atoms with van der Waals surface area (Å²) in [6, 6.07) is 6.73. The monoisotopic (exact) mass is 369 g/mol. The summed E-state index contributed by atoms with van der Waals surface area (Å²) < 4.78 is 13.6. The third-order valence-corrected chi connectivity index (χ3v) is 6.05. The molecular formula is C24H32FNO. The molecule has 2 nitrogen and oxygen atoms in total. The standard InChI is InChI=1S/C24H32FNO/c1-15(2)22-19(14-27)20(17-8-10-18(25)11-9-17)21(23(26-22)16(3)4)24(5)12-6-7-13-24/h8-11,15-16,27H,6-7,12-14H2,1-5H3. The number of pyridine rings is 1. The van der Waals surface area contributed by atoms with E-state index in [-0.39, 0.29) is 23.8 Å². The zero-order chi connectivity index (χ0) is 19.8. The number of nitrogens with zero attached hydrogens (tertiary/aromatic N) is 1. The molecule has 0 radical (unpaired) electrons. The summed E-state index contributed by atoms with van der Waals surface area (Å²) in [7, 11) is 0. The molecule has 3 rings (SSSR count). The van der Waals surface area contributed by atoms with Crippen molar-refractivity contribution in [3.8, 4) is 11.1 Å². The van der Waals surface area contributed by atoms with Crippen LogP contribution in [0.1, 0.15) is 94.7 Å². The SMILES string of the molecule is CC(C)c1nc(C(C)C)c(C2(C)CCCC2)c(-c2ccc(F)cc2)c1CO. The van der Waals surface area contributed by atoms with Gasteiger partial charge in [0.1, 0.15) is 5.82 Å². The summed E-state index contributed by atoms with van der Waals surface area (Å²) in [5.74, 6) is 0.274. The number of aliphatic hydroxyl groups is 1. The van der Waals surface area contributed by atoms with E-state index < -0.39 is 0 Å². The lowest BCUT2D eigenvalue weighted by molar-refractivity contribution is 0.279. The van der Waals surface area contributed by atoms with E-state index in [1.807, 2.05) is 12.1 Å². The van der Waals surface area contributed by atoms with Gasteiger partial charge in [0.2, 0.25) is 0 Å². The number of aromatic nitrogens is 1. The molecule has 1 aromatic heterocycles. The molecule has 1 aliphatic rings. The Morgan fingerprint density at radius 3 is 2.04 bits per heavy atom. The predicted octanol–water partition coefficient (Wildman–Crippen LogP) is 6.46. The summed E-state index contributed by atoms with van der Waals surface area (Å²) in [4.78, 5) is 5.10. The molecule has 0 unspecified atom stereocenters. The van der Waals surface area contributed by atoms with Crippen molar-refractivity contribution in [2.24, 2.45) is 0 Å². The molecule has 1 aliphatic carbocycles. The molecule has 3 heteroatoms. The smallest absolute Gasteiger partial charge is 0.123 e. The average molecular weight is 370 g/mol. The van der Waals surface area contributed by atoms with Gasteiger partial charge in [0.05, 0.1) is 6.61 Å². The lowest BCUT2D eigenvalue weighted by atomic mass is 9.73. The quantitative estimate of drug-likeness (QED) is 0.656. The van der Waals surface area contributed by atoms with Gasteiger partial charge in [0.15, 0.2) is 0 Å². The summed E-state index contributed by atoms with van der Waals surface area (Å²) in [5, 5.41) is 10.3. The first-order valence-corrected chi connectivity index (χ1v) is 10.2. The molecular weight excluding hydrogens is 337 g/mol. The van der Waals surface area contributed by atoms with Crippen LogP contribution in [0.2, 0.25) is 0 Å². The van der Waals surface area contributed by atoms with Crippen molar-refractivity contribution >= 4 is 0 Å². The molecule has 0 aliphatic heterocycles. The van der Waals surface area contributed by atoms with Crippen molar-refractivity contribution in [1.82, 2.24) is 4.98 Å². The second-order valence-electron chi connectivity index (χ2n) is 8.85. The zero-order valence-corrected chi connectivity index (χ0v) is 17.3. The first-order chi connectivity index (χ1) is 12.8. The molecule has 1 N–H and O–H groups in total. The summed E-state index contributed by atoms with van der Waals surface area (Å²) in [6.07, 6.45) is 4.71. The Balaban J connectivity index is 2.43. The van der Waals surface area contributed by atoms with E-state index >= 15 is 0 Å². The number of halogens is 1. The van der Waals surface area contributed by atoms with Gasteiger partial charge in [-0.3, -0.25) is 4.98 Å². The Hall–Kier alpha value is -1.74. The van der Waals surface area contributed by atoms with Crippen LogP contribution in [0.5, 0.6) is 0 Å². The summed E-state index contributed by atoms with van der Waals surface area (Å²) in [6.45, 7) is 10.9. The van der Waals surface area contributed by atoms with Crippen LogP contribution in [0.25, 0.3) is 11.1 Å². The lowest BCUT2D eigenvalue weighted by Gasteiger charge is -2.33. The number of benzene rings is 1. The molecule has 0 amide bonds. The van der Waals surface area contributed by atoms with Crippen LogP contribution in [0, 0.1) is 5.82 Å². The highest BCUT2D eigenvalue weighted by Gasteiger charge is 2.37. The summed E-state index contributed by atoms with van der Waals surface area (Å²) >= 11 is 0. The van der Waals surface area contributed by atoms with Crippen molar-refractivity contribution < 1.29 is 9.50 Å². The largest absolute Gasteiger partial charge is 0.392 e. The van der Waals surface area contributed by atoms with Gasteiger partial charge in [-0.25, -0.2) is 4.39 Å². The maximum Gasteiger partial charge on any atom is 0.123 e. The first-order valence-electron chi connectivity index (χ1n) is 10.2. The Labute approximate surface area is 162 Å².